The summed E-state index contributed by atoms with van der Waals surface area (Å²) in [6.07, 6.45) is 7.53. The van der Waals surface area contributed by atoms with Gasteiger partial charge in [-0.3, -0.25) is 9.78 Å². The van der Waals surface area contributed by atoms with Gasteiger partial charge in [0.2, 0.25) is 5.91 Å². The van der Waals surface area contributed by atoms with Gasteiger partial charge in [-0.05, 0) is 30.5 Å². The van der Waals surface area contributed by atoms with E-state index in [1.165, 1.54) is 0 Å². The van der Waals surface area contributed by atoms with E-state index >= 15 is 0 Å². The molecule has 1 heterocycles. The lowest BCUT2D eigenvalue weighted by atomic mass is 9.85. The van der Waals surface area contributed by atoms with Crippen molar-refractivity contribution >= 4 is 30.7 Å². The lowest BCUT2D eigenvalue weighted by molar-refractivity contribution is -0.130. The maximum atomic E-state index is 12.2. The summed E-state index contributed by atoms with van der Waals surface area (Å²) in [5.41, 5.74) is 6.52. The highest BCUT2D eigenvalue weighted by molar-refractivity contribution is 5.85. The Bertz CT molecular complexity index is 381. The number of carbonyl (C=O) groups is 1. The Labute approximate surface area is 126 Å². The summed E-state index contributed by atoms with van der Waals surface area (Å²) in [5, 5.41) is 2.99. The number of halogens is 2. The summed E-state index contributed by atoms with van der Waals surface area (Å²) >= 11 is 0. The van der Waals surface area contributed by atoms with E-state index in [1.807, 2.05) is 12.1 Å². The number of amides is 1. The Morgan fingerprint density at radius 1 is 1.26 bits per heavy atom. The van der Waals surface area contributed by atoms with Crippen molar-refractivity contribution in [2.45, 2.75) is 32.2 Å². The molecule has 1 fully saturated rings. The minimum absolute atomic E-state index is 0. The second-order valence-electron chi connectivity index (χ2n) is 4.73. The van der Waals surface area contributed by atoms with Crippen molar-refractivity contribution in [2.75, 3.05) is 6.54 Å². The first-order chi connectivity index (χ1) is 8.27. The van der Waals surface area contributed by atoms with E-state index in [9.17, 15) is 4.79 Å². The van der Waals surface area contributed by atoms with Gasteiger partial charge in [0.05, 0.1) is 5.41 Å². The van der Waals surface area contributed by atoms with Crippen LogP contribution in [0.15, 0.2) is 24.5 Å². The Morgan fingerprint density at radius 3 is 2.37 bits per heavy atom. The number of hydrogen-bond acceptors (Lipinski definition) is 3. The minimum Gasteiger partial charge on any atom is -0.352 e. The van der Waals surface area contributed by atoms with E-state index in [0.717, 1.165) is 31.2 Å². The van der Waals surface area contributed by atoms with Crippen LogP contribution in [0.4, 0.5) is 0 Å². The lowest BCUT2D eigenvalue weighted by Gasteiger charge is -2.25. The molecule has 3 N–H and O–H groups in total. The third-order valence-electron chi connectivity index (χ3n) is 3.64. The Balaban J connectivity index is 0.00000162. The zero-order valence-corrected chi connectivity index (χ0v) is 12.4. The normalized spacial score (nSPS) is 16.1. The van der Waals surface area contributed by atoms with Crippen molar-refractivity contribution in [3.63, 3.8) is 0 Å². The Kier molecular flexibility index (Phi) is 7.99. The van der Waals surface area contributed by atoms with Gasteiger partial charge in [0.15, 0.2) is 0 Å². The molecule has 0 aliphatic heterocycles. The lowest BCUT2D eigenvalue weighted by Crippen LogP contribution is -2.43. The van der Waals surface area contributed by atoms with Crippen molar-refractivity contribution in [1.29, 1.82) is 0 Å². The molecular formula is C13H21Cl2N3O. The first kappa shape index (κ1) is 18.2. The maximum absolute atomic E-state index is 12.2. The molecular weight excluding hydrogens is 285 g/mol. The van der Waals surface area contributed by atoms with Crippen LogP contribution in [0.5, 0.6) is 0 Å². The number of aromatic nitrogens is 1. The third kappa shape index (κ3) is 4.34. The Morgan fingerprint density at radius 2 is 1.84 bits per heavy atom. The van der Waals surface area contributed by atoms with Crippen LogP contribution in [0.3, 0.4) is 0 Å². The molecule has 1 saturated carbocycles. The fraction of sp³-hybridized carbons (Fsp3) is 0.538. The van der Waals surface area contributed by atoms with Crippen LogP contribution < -0.4 is 11.1 Å². The van der Waals surface area contributed by atoms with Gasteiger partial charge in [0.1, 0.15) is 0 Å². The molecule has 1 aliphatic rings. The van der Waals surface area contributed by atoms with Crippen LogP contribution in [-0.4, -0.2) is 17.4 Å². The minimum atomic E-state index is -0.312. The molecule has 1 aromatic rings. The smallest absolute Gasteiger partial charge is 0.227 e. The van der Waals surface area contributed by atoms with Crippen LogP contribution in [0.2, 0.25) is 0 Å². The van der Waals surface area contributed by atoms with Gasteiger partial charge in [-0.1, -0.05) is 12.8 Å². The number of pyridine rings is 1. The van der Waals surface area contributed by atoms with Crippen LogP contribution in [0.1, 0.15) is 31.2 Å². The van der Waals surface area contributed by atoms with E-state index in [2.05, 4.69) is 10.3 Å². The SMILES string of the molecule is Cl.Cl.NCC1(C(=O)NCc2ccncc2)CCCC1. The highest BCUT2D eigenvalue weighted by Crippen LogP contribution is 2.37. The van der Waals surface area contributed by atoms with E-state index < -0.39 is 0 Å². The van der Waals surface area contributed by atoms with Crippen molar-refractivity contribution < 1.29 is 4.79 Å². The molecule has 0 atom stereocenters. The van der Waals surface area contributed by atoms with Gasteiger partial charge in [-0.2, -0.15) is 0 Å². The first-order valence-electron chi connectivity index (χ1n) is 6.14. The zero-order valence-electron chi connectivity index (χ0n) is 10.8. The quantitative estimate of drug-likeness (QED) is 0.894. The molecule has 19 heavy (non-hydrogen) atoms. The molecule has 0 spiro atoms. The number of hydrogen-bond donors (Lipinski definition) is 2. The highest BCUT2D eigenvalue weighted by Gasteiger charge is 2.39. The van der Waals surface area contributed by atoms with Gasteiger partial charge in [-0.25, -0.2) is 0 Å². The van der Waals surface area contributed by atoms with Gasteiger partial charge in [0.25, 0.3) is 0 Å². The summed E-state index contributed by atoms with van der Waals surface area (Å²) in [5.74, 6) is 0.106. The van der Waals surface area contributed by atoms with Gasteiger partial charge in [0, 0.05) is 25.5 Å². The average Bonchev–Trinajstić information content (AvgIpc) is 2.87. The molecule has 0 aromatic carbocycles. The standard InChI is InChI=1S/C13H19N3O.2ClH/c14-10-13(5-1-2-6-13)12(17)16-9-11-3-7-15-8-4-11;;/h3-4,7-8H,1-2,5-6,9-10,14H2,(H,16,17);2*1H. The fourth-order valence-electron chi connectivity index (χ4n) is 2.45. The van der Waals surface area contributed by atoms with Crippen LogP contribution >= 0.6 is 24.8 Å². The summed E-state index contributed by atoms with van der Waals surface area (Å²) < 4.78 is 0. The van der Waals surface area contributed by atoms with Gasteiger partial charge < -0.3 is 11.1 Å². The molecule has 1 aliphatic carbocycles. The highest BCUT2D eigenvalue weighted by atomic mass is 35.5. The number of nitrogens with two attached hydrogens (primary N) is 1. The summed E-state index contributed by atoms with van der Waals surface area (Å²) in [6, 6.07) is 3.81. The van der Waals surface area contributed by atoms with E-state index in [-0.39, 0.29) is 36.1 Å². The molecule has 2 rings (SSSR count). The molecule has 1 amide bonds. The van der Waals surface area contributed by atoms with Crippen molar-refractivity contribution in [3.8, 4) is 0 Å². The molecule has 4 nitrogen and oxygen atoms in total. The maximum Gasteiger partial charge on any atom is 0.227 e. The number of nitrogens with zero attached hydrogens (tertiary/aromatic N) is 1. The topological polar surface area (TPSA) is 68.0 Å². The third-order valence-corrected chi connectivity index (χ3v) is 3.64. The van der Waals surface area contributed by atoms with E-state index in [1.54, 1.807) is 12.4 Å². The predicted molar refractivity (Wildman–Crippen MR) is 80.5 cm³/mol. The number of carbonyl (C=O) groups excluding carboxylic acids is 1. The number of nitrogens with one attached hydrogen (secondary N) is 1. The van der Waals surface area contributed by atoms with Crippen molar-refractivity contribution in [3.05, 3.63) is 30.1 Å². The fourth-order valence-corrected chi connectivity index (χ4v) is 2.45. The molecule has 0 radical (unpaired) electrons. The zero-order chi connectivity index (χ0) is 12.1. The number of rotatable bonds is 4. The molecule has 108 valence electrons. The molecule has 0 saturated heterocycles. The second-order valence-corrected chi connectivity index (χ2v) is 4.73. The molecule has 1 aromatic heterocycles. The predicted octanol–water partition coefficient (Wildman–Crippen LogP) is 2.06. The van der Waals surface area contributed by atoms with Gasteiger partial charge >= 0.3 is 0 Å². The largest absolute Gasteiger partial charge is 0.352 e. The van der Waals surface area contributed by atoms with Crippen LogP contribution in [0, 0.1) is 5.41 Å². The van der Waals surface area contributed by atoms with E-state index in [4.69, 9.17) is 5.73 Å². The summed E-state index contributed by atoms with van der Waals surface area (Å²) in [7, 11) is 0. The molecule has 0 unspecified atom stereocenters. The monoisotopic (exact) mass is 305 g/mol. The Hall–Kier alpha value is -0.840. The molecule has 6 heteroatoms. The molecule has 0 bridgehead atoms. The van der Waals surface area contributed by atoms with Crippen molar-refractivity contribution in [1.82, 2.24) is 10.3 Å². The van der Waals surface area contributed by atoms with Crippen molar-refractivity contribution in [2.24, 2.45) is 11.1 Å². The van der Waals surface area contributed by atoms with Gasteiger partial charge in [-0.15, -0.1) is 24.8 Å². The summed E-state index contributed by atoms with van der Waals surface area (Å²) in [6.45, 7) is 1.01. The summed E-state index contributed by atoms with van der Waals surface area (Å²) in [4.78, 5) is 16.1. The second kappa shape index (κ2) is 8.35. The average molecular weight is 306 g/mol. The van der Waals surface area contributed by atoms with E-state index in [0.29, 0.717) is 13.1 Å². The van der Waals surface area contributed by atoms with Crippen LogP contribution in [0.25, 0.3) is 0 Å². The van der Waals surface area contributed by atoms with Crippen LogP contribution in [-0.2, 0) is 11.3 Å². The first-order valence-corrected chi connectivity index (χ1v) is 6.14.